The quantitative estimate of drug-likeness (QED) is 0.739. The van der Waals surface area contributed by atoms with E-state index in [0.717, 1.165) is 24.3 Å². The minimum Gasteiger partial charge on any atom is -0.493 e. The van der Waals surface area contributed by atoms with Gasteiger partial charge in [-0.25, -0.2) is 0 Å². The number of aromatic amines is 1. The van der Waals surface area contributed by atoms with Crippen LogP contribution in [0, 0.1) is 0 Å². The highest BCUT2D eigenvalue weighted by molar-refractivity contribution is 7.07. The highest BCUT2D eigenvalue weighted by atomic mass is 32.1. The van der Waals surface area contributed by atoms with Gasteiger partial charge in [0.25, 0.3) is 0 Å². The van der Waals surface area contributed by atoms with Gasteiger partial charge in [-0.2, -0.15) is 11.3 Å². The largest absolute Gasteiger partial charge is 0.493 e. The normalized spacial score (nSPS) is 10.8. The molecule has 0 radical (unpaired) electrons. The van der Waals surface area contributed by atoms with Crippen LogP contribution >= 0.6 is 11.3 Å². The smallest absolute Gasteiger partial charge is 0.120 e. The molecule has 0 atom stereocenters. The summed E-state index contributed by atoms with van der Waals surface area (Å²) in [6, 6.07) is 10.3. The molecule has 2 nitrogen and oxygen atoms in total. The van der Waals surface area contributed by atoms with Gasteiger partial charge >= 0.3 is 0 Å². The SMILES string of the molecule is c1cc2cc(OCCc3ccsc3)ccc2[nH]1. The van der Waals surface area contributed by atoms with Crippen molar-refractivity contribution in [1.82, 2.24) is 4.98 Å². The van der Waals surface area contributed by atoms with Gasteiger partial charge in [0.05, 0.1) is 6.61 Å². The van der Waals surface area contributed by atoms with E-state index >= 15 is 0 Å². The third-order valence-electron chi connectivity index (χ3n) is 2.76. The van der Waals surface area contributed by atoms with Crippen LogP contribution in [-0.4, -0.2) is 11.6 Å². The number of hydrogen-bond donors (Lipinski definition) is 1. The zero-order valence-electron chi connectivity index (χ0n) is 9.35. The lowest BCUT2D eigenvalue weighted by molar-refractivity contribution is 0.322. The number of fused-ring (bicyclic) bond motifs is 1. The van der Waals surface area contributed by atoms with Crippen molar-refractivity contribution >= 4 is 22.2 Å². The molecule has 1 aromatic carbocycles. The number of nitrogens with one attached hydrogen (secondary N) is 1. The summed E-state index contributed by atoms with van der Waals surface area (Å²) in [5.41, 5.74) is 2.49. The molecule has 0 saturated heterocycles. The van der Waals surface area contributed by atoms with Crippen LogP contribution in [0.25, 0.3) is 10.9 Å². The minimum absolute atomic E-state index is 0.729. The fourth-order valence-electron chi connectivity index (χ4n) is 1.84. The van der Waals surface area contributed by atoms with Gasteiger partial charge < -0.3 is 9.72 Å². The van der Waals surface area contributed by atoms with Gasteiger partial charge in [0, 0.05) is 23.5 Å². The van der Waals surface area contributed by atoms with Crippen LogP contribution in [0.5, 0.6) is 5.75 Å². The van der Waals surface area contributed by atoms with E-state index in [1.54, 1.807) is 11.3 Å². The van der Waals surface area contributed by atoms with Gasteiger partial charge in [0.1, 0.15) is 5.75 Å². The summed E-state index contributed by atoms with van der Waals surface area (Å²) in [5, 5.41) is 5.46. The first-order valence-electron chi connectivity index (χ1n) is 5.63. The molecule has 1 N–H and O–H groups in total. The molecular weight excluding hydrogens is 230 g/mol. The summed E-state index contributed by atoms with van der Waals surface area (Å²) >= 11 is 1.73. The fraction of sp³-hybridized carbons (Fsp3) is 0.143. The highest BCUT2D eigenvalue weighted by Gasteiger charge is 1.99. The van der Waals surface area contributed by atoms with E-state index < -0.39 is 0 Å². The number of ether oxygens (including phenoxy) is 1. The van der Waals surface area contributed by atoms with E-state index in [1.165, 1.54) is 10.9 Å². The molecule has 2 aromatic heterocycles. The second-order valence-corrected chi connectivity index (χ2v) is 4.74. The molecule has 86 valence electrons. The van der Waals surface area contributed by atoms with Gasteiger partial charge in [0.15, 0.2) is 0 Å². The van der Waals surface area contributed by atoms with Crippen LogP contribution in [0.4, 0.5) is 0 Å². The molecule has 0 amide bonds. The molecule has 0 spiro atoms. The zero-order chi connectivity index (χ0) is 11.5. The van der Waals surface area contributed by atoms with Crippen LogP contribution in [0.15, 0.2) is 47.3 Å². The molecule has 0 saturated carbocycles. The molecule has 0 aliphatic carbocycles. The molecule has 0 aliphatic rings. The zero-order valence-corrected chi connectivity index (χ0v) is 10.2. The van der Waals surface area contributed by atoms with Crippen molar-refractivity contribution in [2.45, 2.75) is 6.42 Å². The van der Waals surface area contributed by atoms with Crippen LogP contribution < -0.4 is 4.74 Å². The molecule has 3 rings (SSSR count). The first kappa shape index (κ1) is 10.4. The summed E-state index contributed by atoms with van der Waals surface area (Å²) in [7, 11) is 0. The number of thiophene rings is 1. The highest BCUT2D eigenvalue weighted by Crippen LogP contribution is 2.19. The second kappa shape index (κ2) is 4.63. The predicted molar refractivity (Wildman–Crippen MR) is 71.8 cm³/mol. The van der Waals surface area contributed by atoms with Gasteiger partial charge in [-0.15, -0.1) is 0 Å². The molecular formula is C14H13NOS. The van der Waals surface area contributed by atoms with Crippen LogP contribution in [0.3, 0.4) is 0 Å². The van der Waals surface area contributed by atoms with Crippen molar-refractivity contribution in [3.63, 3.8) is 0 Å². The number of hydrogen-bond acceptors (Lipinski definition) is 2. The van der Waals surface area contributed by atoms with E-state index in [2.05, 4.69) is 40.0 Å². The second-order valence-electron chi connectivity index (χ2n) is 3.96. The molecule has 0 bridgehead atoms. The summed E-state index contributed by atoms with van der Waals surface area (Å²) in [6.07, 6.45) is 2.91. The van der Waals surface area contributed by atoms with Gasteiger partial charge in [0.2, 0.25) is 0 Å². The molecule has 0 aliphatic heterocycles. The molecule has 17 heavy (non-hydrogen) atoms. The average molecular weight is 243 g/mol. The van der Waals surface area contributed by atoms with Crippen LogP contribution in [0.1, 0.15) is 5.56 Å². The average Bonchev–Trinajstić information content (AvgIpc) is 2.98. The van der Waals surface area contributed by atoms with Gasteiger partial charge in [-0.3, -0.25) is 0 Å². The van der Waals surface area contributed by atoms with E-state index in [0.29, 0.717) is 0 Å². The van der Waals surface area contributed by atoms with Crippen molar-refractivity contribution in [3.8, 4) is 5.75 Å². The van der Waals surface area contributed by atoms with Crippen molar-refractivity contribution in [3.05, 3.63) is 52.9 Å². The Morgan fingerprint density at radius 3 is 3.06 bits per heavy atom. The minimum atomic E-state index is 0.729. The fourth-order valence-corrected chi connectivity index (χ4v) is 2.55. The van der Waals surface area contributed by atoms with E-state index in [9.17, 15) is 0 Å². The molecule has 3 aromatic rings. The lowest BCUT2D eigenvalue weighted by Gasteiger charge is -2.05. The van der Waals surface area contributed by atoms with Crippen molar-refractivity contribution in [1.29, 1.82) is 0 Å². The lowest BCUT2D eigenvalue weighted by atomic mass is 10.2. The summed E-state index contributed by atoms with van der Waals surface area (Å²) < 4.78 is 5.75. The number of H-pyrrole nitrogens is 1. The summed E-state index contributed by atoms with van der Waals surface area (Å²) in [5.74, 6) is 0.937. The Labute approximate surface area is 104 Å². The monoisotopic (exact) mass is 243 g/mol. The number of rotatable bonds is 4. The van der Waals surface area contributed by atoms with Crippen LogP contribution in [-0.2, 0) is 6.42 Å². The first-order valence-corrected chi connectivity index (χ1v) is 6.57. The molecule has 2 heterocycles. The predicted octanol–water partition coefficient (Wildman–Crippen LogP) is 3.85. The molecule has 0 fully saturated rings. The van der Waals surface area contributed by atoms with Gasteiger partial charge in [-0.05, 0) is 46.7 Å². The van der Waals surface area contributed by atoms with Crippen molar-refractivity contribution in [2.24, 2.45) is 0 Å². The molecule has 0 unspecified atom stereocenters. The van der Waals surface area contributed by atoms with Crippen molar-refractivity contribution < 1.29 is 4.74 Å². The maximum Gasteiger partial charge on any atom is 0.120 e. The number of benzene rings is 1. The third-order valence-corrected chi connectivity index (χ3v) is 3.50. The Hall–Kier alpha value is -1.74. The lowest BCUT2D eigenvalue weighted by Crippen LogP contribution is -2.00. The van der Waals surface area contributed by atoms with Crippen LogP contribution in [0.2, 0.25) is 0 Å². The molecule has 3 heteroatoms. The maximum absolute atomic E-state index is 5.75. The summed E-state index contributed by atoms with van der Waals surface area (Å²) in [6.45, 7) is 0.729. The summed E-state index contributed by atoms with van der Waals surface area (Å²) in [4.78, 5) is 3.17. The van der Waals surface area contributed by atoms with Gasteiger partial charge in [-0.1, -0.05) is 0 Å². The Kier molecular flexibility index (Phi) is 2.84. The Morgan fingerprint density at radius 2 is 2.18 bits per heavy atom. The third kappa shape index (κ3) is 2.34. The first-order chi connectivity index (χ1) is 8.42. The number of aromatic nitrogens is 1. The van der Waals surface area contributed by atoms with E-state index in [4.69, 9.17) is 4.74 Å². The van der Waals surface area contributed by atoms with E-state index in [-0.39, 0.29) is 0 Å². The Balaban J connectivity index is 1.64. The topological polar surface area (TPSA) is 25.0 Å². The Morgan fingerprint density at radius 1 is 1.18 bits per heavy atom. The standard InChI is InChI=1S/C14H13NOS/c1-2-14-12(3-6-15-14)9-13(1)16-7-4-11-5-8-17-10-11/h1-3,5-6,8-10,15H,4,7H2. The van der Waals surface area contributed by atoms with Crippen molar-refractivity contribution in [2.75, 3.05) is 6.61 Å². The van der Waals surface area contributed by atoms with E-state index in [1.807, 2.05) is 12.3 Å². The Bertz CT molecular complexity index is 598. The maximum atomic E-state index is 5.75.